The lowest BCUT2D eigenvalue weighted by Gasteiger charge is -2.14. The summed E-state index contributed by atoms with van der Waals surface area (Å²) >= 11 is 0. The number of furan rings is 1. The Morgan fingerprint density at radius 1 is 1.35 bits per heavy atom. The molecule has 0 atom stereocenters. The van der Waals surface area contributed by atoms with Crippen LogP contribution < -0.4 is 5.32 Å². The molecule has 0 unspecified atom stereocenters. The molecule has 1 rings (SSSR count). The van der Waals surface area contributed by atoms with E-state index in [1.807, 2.05) is 12.1 Å². The average Bonchev–Trinajstić information content (AvgIpc) is 2.80. The summed E-state index contributed by atoms with van der Waals surface area (Å²) in [5.74, 6) is 1.03. The van der Waals surface area contributed by atoms with Crippen molar-refractivity contribution in [2.24, 2.45) is 0 Å². The molecule has 0 saturated carbocycles. The second-order valence-corrected chi connectivity index (χ2v) is 4.27. The summed E-state index contributed by atoms with van der Waals surface area (Å²) in [7, 11) is 3.85. The fourth-order valence-corrected chi connectivity index (χ4v) is 1.68. The first-order chi connectivity index (χ1) is 8.33. The van der Waals surface area contributed by atoms with E-state index >= 15 is 0 Å². The van der Waals surface area contributed by atoms with Crippen LogP contribution in [0.5, 0.6) is 0 Å². The van der Waals surface area contributed by atoms with Gasteiger partial charge >= 0.3 is 0 Å². The van der Waals surface area contributed by atoms with Crippen LogP contribution in [-0.2, 0) is 11.3 Å². The highest BCUT2D eigenvalue weighted by Crippen LogP contribution is 2.04. The van der Waals surface area contributed by atoms with E-state index in [-0.39, 0.29) is 0 Å². The first-order valence-electron chi connectivity index (χ1n) is 6.23. The molecule has 0 amide bonds. The van der Waals surface area contributed by atoms with Gasteiger partial charge in [-0.05, 0) is 45.1 Å². The highest BCUT2D eigenvalue weighted by atomic mass is 16.5. The average molecular weight is 240 g/mol. The Morgan fingerprint density at radius 2 is 2.24 bits per heavy atom. The maximum absolute atomic E-state index is 5.31. The van der Waals surface area contributed by atoms with Crippen LogP contribution in [0.3, 0.4) is 0 Å². The molecule has 0 bridgehead atoms. The topological polar surface area (TPSA) is 37.6 Å². The van der Waals surface area contributed by atoms with Crippen molar-refractivity contribution in [3.05, 3.63) is 24.2 Å². The van der Waals surface area contributed by atoms with Crippen molar-refractivity contribution in [2.45, 2.75) is 19.4 Å². The number of nitrogens with one attached hydrogen (secondary N) is 1. The van der Waals surface area contributed by atoms with Crippen LogP contribution in [0.25, 0.3) is 0 Å². The van der Waals surface area contributed by atoms with Crippen molar-refractivity contribution in [3.63, 3.8) is 0 Å². The van der Waals surface area contributed by atoms with Gasteiger partial charge in [0.1, 0.15) is 5.76 Å². The molecule has 0 aliphatic heterocycles. The summed E-state index contributed by atoms with van der Waals surface area (Å²) in [5.41, 5.74) is 0. The van der Waals surface area contributed by atoms with Crippen LogP contribution in [-0.4, -0.2) is 45.3 Å². The molecule has 0 aromatic carbocycles. The predicted molar refractivity (Wildman–Crippen MR) is 69.0 cm³/mol. The van der Waals surface area contributed by atoms with Gasteiger partial charge < -0.3 is 14.5 Å². The Bertz CT molecular complexity index is 262. The molecular weight excluding hydrogens is 216 g/mol. The number of ether oxygens (including phenoxy) is 1. The van der Waals surface area contributed by atoms with Crippen LogP contribution >= 0.6 is 0 Å². The first kappa shape index (κ1) is 14.2. The fraction of sp³-hybridized carbons (Fsp3) is 0.692. The summed E-state index contributed by atoms with van der Waals surface area (Å²) < 4.78 is 10.3. The van der Waals surface area contributed by atoms with E-state index in [0.29, 0.717) is 0 Å². The van der Waals surface area contributed by atoms with E-state index in [2.05, 4.69) is 17.3 Å². The van der Waals surface area contributed by atoms with Crippen LogP contribution in [0.1, 0.15) is 18.6 Å². The van der Waals surface area contributed by atoms with Crippen LogP contribution in [0.2, 0.25) is 0 Å². The molecule has 0 aliphatic rings. The van der Waals surface area contributed by atoms with Crippen LogP contribution in [0.4, 0.5) is 0 Å². The zero-order chi connectivity index (χ0) is 12.3. The molecule has 1 heterocycles. The summed E-state index contributed by atoms with van der Waals surface area (Å²) in [6, 6.07) is 3.95. The SMILES string of the molecule is COCCNCCCCN(C)Cc1ccco1. The minimum absolute atomic E-state index is 0.790. The van der Waals surface area contributed by atoms with Gasteiger partial charge in [-0.3, -0.25) is 4.90 Å². The molecule has 1 aromatic rings. The normalized spacial score (nSPS) is 11.2. The molecule has 17 heavy (non-hydrogen) atoms. The van der Waals surface area contributed by atoms with Gasteiger partial charge in [0.15, 0.2) is 0 Å². The summed E-state index contributed by atoms with van der Waals surface area (Å²) in [4.78, 5) is 2.29. The molecule has 4 heteroatoms. The third kappa shape index (κ3) is 7.15. The highest BCUT2D eigenvalue weighted by molar-refractivity contribution is 4.97. The maximum atomic E-state index is 5.31. The van der Waals surface area contributed by atoms with E-state index in [9.17, 15) is 0 Å². The largest absolute Gasteiger partial charge is 0.468 e. The van der Waals surface area contributed by atoms with Crippen molar-refractivity contribution in [3.8, 4) is 0 Å². The van der Waals surface area contributed by atoms with E-state index in [1.54, 1.807) is 13.4 Å². The van der Waals surface area contributed by atoms with Crippen molar-refractivity contribution < 1.29 is 9.15 Å². The molecule has 4 nitrogen and oxygen atoms in total. The molecule has 0 radical (unpaired) electrons. The number of methoxy groups -OCH3 is 1. The standard InChI is InChI=1S/C13H24N2O2/c1-15(12-13-6-5-10-17-13)9-4-3-7-14-8-11-16-2/h5-6,10,14H,3-4,7-9,11-12H2,1-2H3. The number of hydrogen-bond donors (Lipinski definition) is 1. The molecule has 0 aliphatic carbocycles. The summed E-state index contributed by atoms with van der Waals surface area (Å²) in [6.45, 7) is 4.80. The van der Waals surface area contributed by atoms with Gasteiger partial charge in [-0.25, -0.2) is 0 Å². The van der Waals surface area contributed by atoms with Gasteiger partial charge in [-0.2, -0.15) is 0 Å². The lowest BCUT2D eigenvalue weighted by atomic mass is 10.3. The van der Waals surface area contributed by atoms with Crippen molar-refractivity contribution in [1.29, 1.82) is 0 Å². The monoisotopic (exact) mass is 240 g/mol. The lowest BCUT2D eigenvalue weighted by Crippen LogP contribution is -2.23. The molecule has 98 valence electrons. The second kappa shape index (κ2) is 9.22. The lowest BCUT2D eigenvalue weighted by molar-refractivity contribution is 0.199. The van der Waals surface area contributed by atoms with Crippen molar-refractivity contribution in [1.82, 2.24) is 10.2 Å². The Hall–Kier alpha value is -0.840. The van der Waals surface area contributed by atoms with Crippen LogP contribution in [0.15, 0.2) is 22.8 Å². The number of rotatable bonds is 10. The Morgan fingerprint density at radius 3 is 2.94 bits per heavy atom. The zero-order valence-corrected chi connectivity index (χ0v) is 10.9. The molecule has 1 aromatic heterocycles. The van der Waals surface area contributed by atoms with Gasteiger partial charge in [-0.1, -0.05) is 0 Å². The third-order valence-electron chi connectivity index (χ3n) is 2.63. The minimum Gasteiger partial charge on any atom is -0.468 e. The summed E-state index contributed by atoms with van der Waals surface area (Å²) in [5, 5.41) is 3.34. The van der Waals surface area contributed by atoms with E-state index in [0.717, 1.165) is 38.5 Å². The quantitative estimate of drug-likeness (QED) is 0.632. The van der Waals surface area contributed by atoms with Gasteiger partial charge in [0, 0.05) is 13.7 Å². The molecule has 0 fully saturated rings. The van der Waals surface area contributed by atoms with Gasteiger partial charge in [-0.15, -0.1) is 0 Å². The van der Waals surface area contributed by atoms with E-state index in [1.165, 1.54) is 12.8 Å². The smallest absolute Gasteiger partial charge is 0.117 e. The van der Waals surface area contributed by atoms with Crippen molar-refractivity contribution >= 4 is 0 Å². The number of nitrogens with zero attached hydrogens (tertiary/aromatic N) is 1. The molecular formula is C13H24N2O2. The first-order valence-corrected chi connectivity index (χ1v) is 6.23. The Balaban J connectivity index is 1.92. The number of unbranched alkanes of at least 4 members (excludes halogenated alkanes) is 1. The highest BCUT2D eigenvalue weighted by Gasteiger charge is 2.01. The number of hydrogen-bond acceptors (Lipinski definition) is 4. The fourth-order valence-electron chi connectivity index (χ4n) is 1.68. The Labute approximate surface area is 104 Å². The van der Waals surface area contributed by atoms with Gasteiger partial charge in [0.05, 0.1) is 19.4 Å². The van der Waals surface area contributed by atoms with Crippen LogP contribution in [0, 0.1) is 0 Å². The summed E-state index contributed by atoms with van der Waals surface area (Å²) in [6.07, 6.45) is 4.13. The van der Waals surface area contributed by atoms with Gasteiger partial charge in [0.2, 0.25) is 0 Å². The van der Waals surface area contributed by atoms with E-state index in [4.69, 9.17) is 9.15 Å². The Kier molecular flexibility index (Phi) is 7.71. The van der Waals surface area contributed by atoms with E-state index < -0.39 is 0 Å². The van der Waals surface area contributed by atoms with Gasteiger partial charge in [0.25, 0.3) is 0 Å². The molecule has 0 spiro atoms. The predicted octanol–water partition coefficient (Wildman–Crippen LogP) is 1.73. The minimum atomic E-state index is 0.790. The third-order valence-corrected chi connectivity index (χ3v) is 2.63. The maximum Gasteiger partial charge on any atom is 0.117 e. The zero-order valence-electron chi connectivity index (χ0n) is 10.9. The molecule has 0 saturated heterocycles. The molecule has 1 N–H and O–H groups in total. The second-order valence-electron chi connectivity index (χ2n) is 4.27. The van der Waals surface area contributed by atoms with Crippen molar-refractivity contribution in [2.75, 3.05) is 40.4 Å².